The number of benzene rings is 1. The second-order valence-electron chi connectivity index (χ2n) is 10.9. The number of hydrogen-bond donors (Lipinski definition) is 1. The predicted molar refractivity (Wildman–Crippen MR) is 171 cm³/mol. The molecule has 0 saturated heterocycles. The van der Waals surface area contributed by atoms with E-state index in [1.807, 2.05) is 58.1 Å². The molecule has 10 heteroatoms. The molecule has 3 unspecified atom stereocenters. The molecule has 0 amide bonds. The lowest BCUT2D eigenvalue weighted by molar-refractivity contribution is -0.147. The molecule has 6 nitrogen and oxygen atoms in total. The monoisotopic (exact) mass is 624 g/mol. The second kappa shape index (κ2) is 14.8. The van der Waals surface area contributed by atoms with Crippen LogP contribution >= 0.6 is 0 Å². The van der Waals surface area contributed by atoms with E-state index in [0.29, 0.717) is 29.7 Å². The minimum absolute atomic E-state index is 0.0817. The zero-order valence-electron chi connectivity index (χ0n) is 25.9. The summed E-state index contributed by atoms with van der Waals surface area (Å²) in [6, 6.07) is 6.76. The van der Waals surface area contributed by atoms with Crippen molar-refractivity contribution in [3.05, 3.63) is 88.4 Å². The van der Waals surface area contributed by atoms with Gasteiger partial charge in [-0.3, -0.25) is 9.98 Å². The fraction of sp³-hybridized carbons (Fsp3) is 0.382. The number of alkyl halides is 3. The number of aliphatic imine (C=N–C) groups is 1. The first-order valence-electron chi connectivity index (χ1n) is 14.6. The van der Waals surface area contributed by atoms with Gasteiger partial charge >= 0.3 is 6.18 Å². The van der Waals surface area contributed by atoms with Crippen molar-refractivity contribution >= 4 is 33.5 Å². The van der Waals surface area contributed by atoms with Crippen molar-refractivity contribution in [2.24, 2.45) is 16.8 Å². The zero-order valence-corrected chi connectivity index (χ0v) is 26.7. The molecule has 0 radical (unpaired) electrons. The van der Waals surface area contributed by atoms with E-state index in [2.05, 4.69) is 30.1 Å². The summed E-state index contributed by atoms with van der Waals surface area (Å²) in [5, 5.41) is 10.6. The number of hydrogen-bond acceptors (Lipinski definition) is 5. The average Bonchev–Trinajstić information content (AvgIpc) is 3.23. The molecule has 0 saturated carbocycles. The third kappa shape index (κ3) is 8.42. The van der Waals surface area contributed by atoms with Crippen molar-refractivity contribution in [3.8, 4) is 6.07 Å². The number of aromatic nitrogens is 1. The van der Waals surface area contributed by atoms with Gasteiger partial charge in [0.1, 0.15) is 17.0 Å². The largest absolute Gasteiger partial charge is 0.404 e. The standard InChI is InChI=1S/C34H39F3N4O2S/c1-7-11-27-16-23(5)29(17-22(27)4)31(20-38)30(19-26(9-3)33-18-25(8-2)12-10-15-39-33)32-14-13-28(21-40-32)44(42,43)41-24(6)34(35,36)37/h7,10-18,21,24-26,41H,8-9,19H2,1-6H3. The number of pyridine rings is 1. The number of aryl methyl sites for hydroxylation is 2. The highest BCUT2D eigenvalue weighted by Crippen LogP contribution is 2.37. The molecule has 1 aromatic carbocycles. The Morgan fingerprint density at radius 2 is 1.91 bits per heavy atom. The van der Waals surface area contributed by atoms with Gasteiger partial charge in [-0.25, -0.2) is 8.42 Å². The Hall–Kier alpha value is -3.81. The first-order valence-corrected chi connectivity index (χ1v) is 16.1. The van der Waals surface area contributed by atoms with Crippen LogP contribution in [0.4, 0.5) is 13.2 Å². The molecule has 2 heterocycles. The summed E-state index contributed by atoms with van der Waals surface area (Å²) in [6.45, 7) is 10.7. The lowest BCUT2D eigenvalue weighted by atomic mass is 9.85. The Bertz CT molecular complexity index is 1640. The van der Waals surface area contributed by atoms with Crippen LogP contribution in [0.1, 0.15) is 74.9 Å². The fourth-order valence-corrected chi connectivity index (χ4v) is 6.19. The Morgan fingerprint density at radius 1 is 1.18 bits per heavy atom. The van der Waals surface area contributed by atoms with Crippen molar-refractivity contribution in [2.75, 3.05) is 0 Å². The van der Waals surface area contributed by atoms with Gasteiger partial charge in [-0.05, 0) is 105 Å². The summed E-state index contributed by atoms with van der Waals surface area (Å²) < 4.78 is 66.3. The van der Waals surface area contributed by atoms with Crippen molar-refractivity contribution in [3.63, 3.8) is 0 Å². The van der Waals surface area contributed by atoms with E-state index >= 15 is 0 Å². The molecule has 0 spiro atoms. The van der Waals surface area contributed by atoms with E-state index in [4.69, 9.17) is 4.99 Å². The van der Waals surface area contributed by atoms with Crippen LogP contribution in [0.5, 0.6) is 0 Å². The summed E-state index contributed by atoms with van der Waals surface area (Å²) in [6.07, 6.45) is 10.2. The van der Waals surface area contributed by atoms with Crippen LogP contribution in [0.3, 0.4) is 0 Å². The number of halogens is 3. The van der Waals surface area contributed by atoms with Crippen LogP contribution < -0.4 is 4.72 Å². The molecule has 3 atom stereocenters. The highest BCUT2D eigenvalue weighted by atomic mass is 32.2. The molecule has 3 rings (SSSR count). The Kier molecular flexibility index (Phi) is 11.6. The quantitative estimate of drug-likeness (QED) is 0.254. The number of allylic oxidation sites excluding steroid dienone is 7. The number of nitrogens with zero attached hydrogens (tertiary/aromatic N) is 3. The smallest absolute Gasteiger partial charge is 0.261 e. The Morgan fingerprint density at radius 3 is 2.48 bits per heavy atom. The molecule has 1 aromatic heterocycles. The van der Waals surface area contributed by atoms with Gasteiger partial charge in [0.15, 0.2) is 0 Å². The molecule has 1 aliphatic heterocycles. The highest BCUT2D eigenvalue weighted by Gasteiger charge is 2.39. The summed E-state index contributed by atoms with van der Waals surface area (Å²) in [5.41, 5.74) is 5.87. The number of nitrogens with one attached hydrogen (secondary N) is 1. The Balaban J connectivity index is 2.20. The van der Waals surface area contributed by atoms with Gasteiger partial charge in [-0.1, -0.05) is 44.2 Å². The summed E-state index contributed by atoms with van der Waals surface area (Å²) in [7, 11) is -4.50. The van der Waals surface area contributed by atoms with Crippen molar-refractivity contribution in [1.82, 2.24) is 9.71 Å². The molecular formula is C34H39F3N4O2S. The maximum Gasteiger partial charge on any atom is 0.404 e. The van der Waals surface area contributed by atoms with E-state index in [1.165, 1.54) is 12.1 Å². The predicted octanol–water partition coefficient (Wildman–Crippen LogP) is 8.36. The van der Waals surface area contributed by atoms with Crippen LogP contribution in [0.25, 0.3) is 17.2 Å². The van der Waals surface area contributed by atoms with E-state index < -0.39 is 27.1 Å². The van der Waals surface area contributed by atoms with Crippen LogP contribution in [-0.4, -0.2) is 31.8 Å². The van der Waals surface area contributed by atoms with Crippen molar-refractivity contribution in [2.45, 2.75) is 77.9 Å². The van der Waals surface area contributed by atoms with Gasteiger partial charge < -0.3 is 0 Å². The molecule has 44 heavy (non-hydrogen) atoms. The molecule has 0 aliphatic carbocycles. The van der Waals surface area contributed by atoms with Gasteiger partial charge in [0.2, 0.25) is 10.0 Å². The first kappa shape index (κ1) is 34.7. The zero-order chi connectivity index (χ0) is 32.7. The van der Waals surface area contributed by atoms with Gasteiger partial charge in [0.05, 0.1) is 11.3 Å². The van der Waals surface area contributed by atoms with Crippen LogP contribution in [0, 0.1) is 37.0 Å². The molecule has 0 bridgehead atoms. The molecule has 1 aliphatic rings. The minimum atomic E-state index is -4.74. The molecule has 1 N–H and O–H groups in total. The van der Waals surface area contributed by atoms with Gasteiger partial charge in [0, 0.05) is 24.0 Å². The minimum Gasteiger partial charge on any atom is -0.261 e. The maximum atomic E-state index is 13.1. The first-order chi connectivity index (χ1) is 20.7. The maximum absolute atomic E-state index is 13.1. The van der Waals surface area contributed by atoms with Crippen LogP contribution in [0.2, 0.25) is 0 Å². The lowest BCUT2D eigenvalue weighted by Crippen LogP contribution is -2.42. The fourth-order valence-electron chi connectivity index (χ4n) is 5.02. The molecule has 234 valence electrons. The van der Waals surface area contributed by atoms with Crippen LogP contribution in [-0.2, 0) is 10.0 Å². The third-order valence-corrected chi connectivity index (χ3v) is 9.23. The molecular weight excluding hydrogens is 585 g/mol. The lowest BCUT2D eigenvalue weighted by Gasteiger charge is -2.21. The number of sulfonamides is 1. The average molecular weight is 625 g/mol. The number of nitriles is 1. The normalized spacial score (nSPS) is 17.5. The van der Waals surface area contributed by atoms with E-state index in [1.54, 1.807) is 10.9 Å². The van der Waals surface area contributed by atoms with Crippen LogP contribution in [0.15, 0.2) is 70.4 Å². The molecule has 0 fully saturated rings. The third-order valence-electron chi connectivity index (χ3n) is 7.71. The summed E-state index contributed by atoms with van der Waals surface area (Å²) >= 11 is 0. The van der Waals surface area contributed by atoms with Gasteiger partial charge in [-0.15, -0.1) is 0 Å². The number of rotatable bonds is 11. The van der Waals surface area contributed by atoms with Crippen molar-refractivity contribution in [1.29, 1.82) is 5.26 Å². The molecule has 2 aromatic rings. The topological polar surface area (TPSA) is 95.2 Å². The van der Waals surface area contributed by atoms with Gasteiger partial charge in [-0.2, -0.15) is 23.2 Å². The summed E-state index contributed by atoms with van der Waals surface area (Å²) in [4.78, 5) is 8.69. The van der Waals surface area contributed by atoms with E-state index in [-0.39, 0.29) is 11.8 Å². The SMILES string of the molecule is CC=Cc1cc(C)c(C(C#N)=C(CC(CC)C2=CC(CC)C=CC=N2)c2ccc(S(=O)(=O)NC(C)C(F)(F)F)cn2)cc1C. The second-order valence-corrected chi connectivity index (χ2v) is 12.6. The van der Waals surface area contributed by atoms with E-state index in [0.717, 1.165) is 47.5 Å². The van der Waals surface area contributed by atoms with Gasteiger partial charge in [0.25, 0.3) is 0 Å². The Labute approximate surface area is 258 Å². The highest BCUT2D eigenvalue weighted by molar-refractivity contribution is 7.89. The summed E-state index contributed by atoms with van der Waals surface area (Å²) in [5.74, 6) is 0.129. The van der Waals surface area contributed by atoms with Crippen molar-refractivity contribution < 1.29 is 21.6 Å². The van der Waals surface area contributed by atoms with E-state index in [9.17, 15) is 26.9 Å².